The van der Waals surface area contributed by atoms with Crippen molar-refractivity contribution in [3.63, 3.8) is 0 Å². The number of amides is 2. The predicted molar refractivity (Wildman–Crippen MR) is 130 cm³/mol. The number of aromatic amines is 1. The molecule has 3 N–H and O–H groups in total. The van der Waals surface area contributed by atoms with Crippen LogP contribution in [0.25, 0.3) is 11.4 Å². The number of nitrogens with zero attached hydrogens (tertiary/aromatic N) is 2. The van der Waals surface area contributed by atoms with E-state index in [1.807, 2.05) is 41.8 Å². The molecule has 8 nitrogen and oxygen atoms in total. The minimum atomic E-state index is -0.206. The molecule has 0 atom stereocenters. The number of benzene rings is 2. The van der Waals surface area contributed by atoms with Gasteiger partial charge in [-0.2, -0.15) is 5.10 Å². The summed E-state index contributed by atoms with van der Waals surface area (Å²) in [5.41, 5.74) is 3.41. The SMILES string of the molecule is Cc1cccc(-c2n[nH]c(=S)n2CCC(=O)NCc2cccc(C(=O)NCc3ccco3)c2)c1. The summed E-state index contributed by atoms with van der Waals surface area (Å²) in [4.78, 5) is 24.9. The summed E-state index contributed by atoms with van der Waals surface area (Å²) in [5, 5.41) is 12.9. The van der Waals surface area contributed by atoms with Crippen molar-refractivity contribution in [3.05, 3.63) is 94.1 Å². The van der Waals surface area contributed by atoms with Gasteiger partial charge in [0.15, 0.2) is 10.6 Å². The highest BCUT2D eigenvalue weighted by atomic mass is 32.1. The molecule has 0 unspecified atom stereocenters. The van der Waals surface area contributed by atoms with E-state index in [1.165, 1.54) is 0 Å². The van der Waals surface area contributed by atoms with Crippen LogP contribution in [0, 0.1) is 11.7 Å². The summed E-state index contributed by atoms with van der Waals surface area (Å²) < 4.78 is 7.52. The van der Waals surface area contributed by atoms with Gasteiger partial charge in [-0.1, -0.05) is 35.9 Å². The van der Waals surface area contributed by atoms with Gasteiger partial charge < -0.3 is 15.1 Å². The molecule has 34 heavy (non-hydrogen) atoms. The summed E-state index contributed by atoms with van der Waals surface area (Å²) in [6.45, 7) is 3.05. The van der Waals surface area contributed by atoms with E-state index in [9.17, 15) is 9.59 Å². The minimum absolute atomic E-state index is 0.119. The molecule has 0 spiro atoms. The standard InChI is InChI=1S/C25H25N5O3S/c1-17-5-2-7-19(13-17)23-28-29-25(34)30(23)11-10-22(31)26-15-18-6-3-8-20(14-18)24(32)27-16-21-9-4-12-33-21/h2-9,12-14H,10-11,15-16H2,1H3,(H,26,31)(H,27,32)(H,29,34). The zero-order chi connectivity index (χ0) is 23.9. The van der Waals surface area contributed by atoms with Gasteiger partial charge in [0.25, 0.3) is 5.91 Å². The van der Waals surface area contributed by atoms with Gasteiger partial charge in [0, 0.05) is 30.6 Å². The fraction of sp³-hybridized carbons (Fsp3) is 0.200. The maximum Gasteiger partial charge on any atom is 0.251 e. The summed E-state index contributed by atoms with van der Waals surface area (Å²) >= 11 is 5.35. The molecule has 0 saturated heterocycles. The monoisotopic (exact) mass is 475 g/mol. The lowest BCUT2D eigenvalue weighted by molar-refractivity contribution is -0.121. The molecule has 2 heterocycles. The Morgan fingerprint density at radius 3 is 2.71 bits per heavy atom. The Labute approximate surface area is 202 Å². The van der Waals surface area contributed by atoms with E-state index < -0.39 is 0 Å². The van der Waals surface area contributed by atoms with Gasteiger partial charge in [0.2, 0.25) is 5.91 Å². The summed E-state index contributed by atoms with van der Waals surface area (Å²) in [5.74, 6) is 1.06. The van der Waals surface area contributed by atoms with E-state index in [1.54, 1.807) is 36.6 Å². The molecule has 2 aromatic heterocycles. The van der Waals surface area contributed by atoms with Crippen LogP contribution in [0.2, 0.25) is 0 Å². The van der Waals surface area contributed by atoms with Crippen LogP contribution in [0.3, 0.4) is 0 Å². The van der Waals surface area contributed by atoms with E-state index in [2.05, 4.69) is 20.8 Å². The first-order valence-electron chi connectivity index (χ1n) is 10.9. The van der Waals surface area contributed by atoms with Crippen molar-refractivity contribution in [2.75, 3.05) is 0 Å². The second-order valence-electron chi connectivity index (χ2n) is 7.86. The van der Waals surface area contributed by atoms with Gasteiger partial charge in [0.1, 0.15) is 5.76 Å². The lowest BCUT2D eigenvalue weighted by Gasteiger charge is -2.09. The Hall–Kier alpha value is -3.98. The van der Waals surface area contributed by atoms with Crippen LogP contribution in [0.4, 0.5) is 0 Å². The summed E-state index contributed by atoms with van der Waals surface area (Å²) in [6, 6.07) is 18.7. The normalized spacial score (nSPS) is 10.7. The molecule has 0 fully saturated rings. The van der Waals surface area contributed by atoms with Crippen molar-refractivity contribution in [1.82, 2.24) is 25.4 Å². The Bertz CT molecular complexity index is 1340. The average molecular weight is 476 g/mol. The molecule has 0 bridgehead atoms. The maximum atomic E-state index is 12.5. The van der Waals surface area contributed by atoms with Gasteiger partial charge in [-0.25, -0.2) is 0 Å². The first kappa shape index (κ1) is 23.2. The number of hydrogen-bond acceptors (Lipinski definition) is 5. The van der Waals surface area contributed by atoms with Crippen molar-refractivity contribution in [3.8, 4) is 11.4 Å². The molecule has 9 heteroatoms. The van der Waals surface area contributed by atoms with Gasteiger partial charge in [-0.05, 0) is 55.0 Å². The van der Waals surface area contributed by atoms with Crippen molar-refractivity contribution in [1.29, 1.82) is 0 Å². The van der Waals surface area contributed by atoms with Crippen LogP contribution < -0.4 is 10.6 Å². The second-order valence-corrected chi connectivity index (χ2v) is 8.25. The molecular weight excluding hydrogens is 450 g/mol. The first-order valence-corrected chi connectivity index (χ1v) is 11.3. The molecule has 4 rings (SSSR count). The van der Waals surface area contributed by atoms with Crippen LogP contribution in [-0.4, -0.2) is 26.6 Å². The fourth-order valence-corrected chi connectivity index (χ4v) is 3.76. The maximum absolute atomic E-state index is 12.5. The number of aromatic nitrogens is 3. The van der Waals surface area contributed by atoms with Gasteiger partial charge in [-0.15, -0.1) is 0 Å². The second kappa shape index (κ2) is 10.8. The number of furan rings is 1. The van der Waals surface area contributed by atoms with Crippen LogP contribution >= 0.6 is 12.2 Å². The van der Waals surface area contributed by atoms with E-state index >= 15 is 0 Å². The molecule has 0 aliphatic carbocycles. The van der Waals surface area contributed by atoms with Crippen LogP contribution in [0.15, 0.2) is 71.3 Å². The number of carbonyl (C=O) groups is 2. The molecule has 2 amide bonds. The lowest BCUT2D eigenvalue weighted by Crippen LogP contribution is -2.25. The van der Waals surface area contributed by atoms with Crippen molar-refractivity contribution >= 4 is 24.0 Å². The zero-order valence-electron chi connectivity index (χ0n) is 18.7. The number of aryl methyl sites for hydroxylation is 1. The molecule has 2 aromatic carbocycles. The molecule has 0 aliphatic heterocycles. The molecule has 0 saturated carbocycles. The molecule has 4 aromatic rings. The third kappa shape index (κ3) is 5.87. The lowest BCUT2D eigenvalue weighted by atomic mass is 10.1. The van der Waals surface area contributed by atoms with Gasteiger partial charge in [0.05, 0.1) is 12.8 Å². The van der Waals surface area contributed by atoms with E-state index in [0.29, 0.717) is 41.6 Å². The van der Waals surface area contributed by atoms with E-state index in [0.717, 1.165) is 16.7 Å². The Morgan fingerprint density at radius 1 is 1.06 bits per heavy atom. The fourth-order valence-electron chi connectivity index (χ4n) is 3.54. The first-order chi connectivity index (χ1) is 16.5. The highest BCUT2D eigenvalue weighted by molar-refractivity contribution is 7.71. The summed E-state index contributed by atoms with van der Waals surface area (Å²) in [7, 11) is 0. The number of hydrogen-bond donors (Lipinski definition) is 3. The largest absolute Gasteiger partial charge is 0.467 e. The van der Waals surface area contributed by atoms with Crippen molar-refractivity contribution in [2.45, 2.75) is 33.0 Å². The van der Waals surface area contributed by atoms with E-state index in [4.69, 9.17) is 16.6 Å². The highest BCUT2D eigenvalue weighted by Crippen LogP contribution is 2.19. The third-order valence-electron chi connectivity index (χ3n) is 5.28. The predicted octanol–water partition coefficient (Wildman–Crippen LogP) is 4.15. The van der Waals surface area contributed by atoms with Crippen LogP contribution in [-0.2, 0) is 24.4 Å². The Morgan fingerprint density at radius 2 is 1.91 bits per heavy atom. The number of rotatable bonds is 9. The van der Waals surface area contributed by atoms with Crippen LogP contribution in [0.1, 0.15) is 33.7 Å². The van der Waals surface area contributed by atoms with Crippen LogP contribution in [0.5, 0.6) is 0 Å². The molecular formula is C25H25N5O3S. The van der Waals surface area contributed by atoms with Crippen molar-refractivity contribution in [2.24, 2.45) is 0 Å². The average Bonchev–Trinajstić information content (AvgIpc) is 3.49. The minimum Gasteiger partial charge on any atom is -0.467 e. The molecule has 174 valence electrons. The number of H-pyrrole nitrogens is 1. The van der Waals surface area contributed by atoms with E-state index in [-0.39, 0.29) is 18.2 Å². The topological polar surface area (TPSA) is 105 Å². The third-order valence-corrected chi connectivity index (χ3v) is 5.59. The summed E-state index contributed by atoms with van der Waals surface area (Å²) in [6.07, 6.45) is 1.81. The number of nitrogens with one attached hydrogen (secondary N) is 3. The quantitative estimate of drug-likeness (QED) is 0.316. The smallest absolute Gasteiger partial charge is 0.251 e. The molecule has 0 aliphatic rings. The van der Waals surface area contributed by atoms with Crippen molar-refractivity contribution < 1.29 is 14.0 Å². The Balaban J connectivity index is 1.31. The highest BCUT2D eigenvalue weighted by Gasteiger charge is 2.12. The number of carbonyl (C=O) groups excluding carboxylic acids is 2. The van der Waals surface area contributed by atoms with Gasteiger partial charge >= 0.3 is 0 Å². The molecule has 0 radical (unpaired) electrons. The zero-order valence-corrected chi connectivity index (χ0v) is 19.5. The van der Waals surface area contributed by atoms with Gasteiger partial charge in [-0.3, -0.25) is 19.3 Å². The Kier molecular flexibility index (Phi) is 7.34.